The smallest absolute Gasteiger partial charge is 1.00 e. The molecule has 7 heavy (non-hydrogen) atoms. The second-order valence-electron chi connectivity index (χ2n) is 0.513. The van der Waals surface area contributed by atoms with Gasteiger partial charge in [-0.3, -0.25) is 0 Å². The van der Waals surface area contributed by atoms with Gasteiger partial charge in [-0.25, -0.2) is 4.57 Å². The van der Waals surface area contributed by atoms with E-state index in [1.54, 1.807) is 0 Å². The van der Waals surface area contributed by atoms with Gasteiger partial charge in [-0.05, 0) is 0 Å². The summed E-state index contributed by atoms with van der Waals surface area (Å²) in [6, 6.07) is 0. The maximum absolute atomic E-state index is 8.88. The molecule has 0 unspecified atom stereocenters. The normalized spacial score (nSPS) is 8.43. The summed E-state index contributed by atoms with van der Waals surface area (Å²) in [4.78, 5) is 21.6. The van der Waals surface area contributed by atoms with Crippen molar-refractivity contribution in [3.63, 3.8) is 0 Å². The summed E-state index contributed by atoms with van der Waals surface area (Å²) < 4.78 is 8.88. The van der Waals surface area contributed by atoms with Gasteiger partial charge in [0.05, 0.1) is 0 Å². The zero-order valence-corrected chi connectivity index (χ0v) is 9.56. The fourth-order valence-electron chi connectivity index (χ4n) is 0. The minimum atomic E-state index is -4.64. The Balaban J connectivity index is -0.0000000267. The van der Waals surface area contributed by atoms with Crippen LogP contribution in [0, 0.1) is 38.2 Å². The molecule has 0 saturated heterocycles. The SMILES string of the molecule is O=P(O)(O)O.[Dy].[H-].[K+]. The van der Waals surface area contributed by atoms with Gasteiger partial charge in [-0.2, -0.15) is 0 Å². The van der Waals surface area contributed by atoms with Crippen LogP contribution in [0.15, 0.2) is 0 Å². The molecule has 0 aromatic carbocycles. The molecule has 3 N–H and O–H groups in total. The van der Waals surface area contributed by atoms with Gasteiger partial charge in [-0.15, -0.1) is 0 Å². The Bertz CT molecular complexity index is 62.2. The summed E-state index contributed by atoms with van der Waals surface area (Å²) >= 11 is 0. The molecule has 0 spiro atoms. The monoisotopic (exact) mass is 302 g/mol. The molecule has 0 saturated carbocycles. The molecular formula is H4DyKO4P. The Labute approximate surface area is 115 Å². The summed E-state index contributed by atoms with van der Waals surface area (Å²) in [5, 5.41) is 0. The van der Waals surface area contributed by atoms with Crippen LogP contribution in [0.3, 0.4) is 0 Å². The fourth-order valence-corrected chi connectivity index (χ4v) is 0. The van der Waals surface area contributed by atoms with Crippen molar-refractivity contribution in [1.29, 1.82) is 0 Å². The molecule has 0 atom stereocenters. The molecule has 0 aliphatic heterocycles. The molecule has 0 aromatic heterocycles. The summed E-state index contributed by atoms with van der Waals surface area (Å²) in [5.74, 6) is 0. The van der Waals surface area contributed by atoms with Crippen LogP contribution in [-0.4, -0.2) is 14.7 Å². The topological polar surface area (TPSA) is 77.8 Å². The fraction of sp³-hybridized carbons (Fsp3) is 0. The van der Waals surface area contributed by atoms with Gasteiger partial charge in [0.25, 0.3) is 0 Å². The predicted molar refractivity (Wildman–Crippen MR) is 15.4 cm³/mol. The molecule has 0 aliphatic rings. The molecule has 0 aliphatic carbocycles. The molecule has 0 rings (SSSR count). The quantitative estimate of drug-likeness (QED) is 0.317. The number of phosphoric acid groups is 1. The molecule has 7 heteroatoms. The van der Waals surface area contributed by atoms with Gasteiger partial charge in [-0.1, -0.05) is 0 Å². The first kappa shape index (κ1) is 16.5. The first-order valence-electron chi connectivity index (χ1n) is 0.783. The van der Waals surface area contributed by atoms with Crippen LogP contribution >= 0.6 is 7.82 Å². The molecule has 0 heterocycles. The van der Waals surface area contributed by atoms with Crippen molar-refractivity contribution in [1.82, 2.24) is 0 Å². The zero-order valence-electron chi connectivity index (χ0n) is 4.51. The van der Waals surface area contributed by atoms with E-state index < -0.39 is 7.82 Å². The van der Waals surface area contributed by atoms with Crippen LogP contribution in [0.2, 0.25) is 0 Å². The molecular weight excluding hydrogens is 297 g/mol. The van der Waals surface area contributed by atoms with Crippen LogP contribution in [-0.2, 0) is 4.57 Å². The van der Waals surface area contributed by atoms with Gasteiger partial charge >= 0.3 is 59.2 Å². The Morgan fingerprint density at radius 3 is 1.29 bits per heavy atom. The summed E-state index contributed by atoms with van der Waals surface area (Å²) in [7, 11) is -4.64. The van der Waals surface area contributed by atoms with E-state index in [2.05, 4.69) is 0 Å². The van der Waals surface area contributed by atoms with E-state index in [1.165, 1.54) is 0 Å². The van der Waals surface area contributed by atoms with Crippen LogP contribution in [0.4, 0.5) is 0 Å². The first-order valence-corrected chi connectivity index (χ1v) is 2.35. The van der Waals surface area contributed by atoms with E-state index >= 15 is 0 Å². The molecule has 0 aromatic rings. The number of rotatable bonds is 0. The van der Waals surface area contributed by atoms with E-state index in [-0.39, 0.29) is 91.0 Å². The van der Waals surface area contributed by atoms with Crippen molar-refractivity contribution in [3.8, 4) is 0 Å². The van der Waals surface area contributed by atoms with Gasteiger partial charge < -0.3 is 16.1 Å². The first-order chi connectivity index (χ1) is 2.00. The minimum absolute atomic E-state index is 0. The zero-order chi connectivity index (χ0) is 4.50. The molecule has 0 amide bonds. The number of hydrogen-bond acceptors (Lipinski definition) is 1. The Morgan fingerprint density at radius 1 is 1.29 bits per heavy atom. The van der Waals surface area contributed by atoms with E-state index in [0.717, 1.165) is 0 Å². The van der Waals surface area contributed by atoms with Gasteiger partial charge in [0.2, 0.25) is 0 Å². The van der Waals surface area contributed by atoms with Crippen LogP contribution in [0.5, 0.6) is 0 Å². The van der Waals surface area contributed by atoms with E-state index in [0.29, 0.717) is 0 Å². The molecule has 4 nitrogen and oxygen atoms in total. The van der Waals surface area contributed by atoms with E-state index in [9.17, 15) is 0 Å². The third kappa shape index (κ3) is 48.7. The van der Waals surface area contributed by atoms with Crippen molar-refractivity contribution < 1.29 is 110 Å². The van der Waals surface area contributed by atoms with E-state index in [4.69, 9.17) is 19.2 Å². The predicted octanol–water partition coefficient (Wildman–Crippen LogP) is -3.81. The van der Waals surface area contributed by atoms with Gasteiger partial charge in [0.1, 0.15) is 0 Å². The largest absolute Gasteiger partial charge is 1.00 e. The van der Waals surface area contributed by atoms with Crippen LogP contribution in [0.25, 0.3) is 0 Å². The third-order valence-electron chi connectivity index (χ3n) is 0. The Hall–Kier alpha value is 3.02. The summed E-state index contributed by atoms with van der Waals surface area (Å²) in [6.45, 7) is 0. The average molecular weight is 301 g/mol. The van der Waals surface area contributed by atoms with Crippen molar-refractivity contribution in [2.45, 2.75) is 0 Å². The molecule has 44 valence electrons. The van der Waals surface area contributed by atoms with Crippen molar-refractivity contribution >= 4 is 7.82 Å². The number of hydrogen-bond donors (Lipinski definition) is 3. The van der Waals surface area contributed by atoms with E-state index in [1.807, 2.05) is 0 Å². The summed E-state index contributed by atoms with van der Waals surface area (Å²) in [5.41, 5.74) is 0. The molecule has 0 fully saturated rings. The van der Waals surface area contributed by atoms with Crippen molar-refractivity contribution in [2.75, 3.05) is 0 Å². The van der Waals surface area contributed by atoms with Crippen molar-refractivity contribution in [2.24, 2.45) is 0 Å². The van der Waals surface area contributed by atoms with Crippen LogP contribution < -0.4 is 51.4 Å². The van der Waals surface area contributed by atoms with Crippen molar-refractivity contribution in [3.05, 3.63) is 0 Å². The standard InChI is InChI=1S/Dy.K.H3O4P.H/c;;1-5(2,3)4;/h;;(H3,1,2,3,4);/q;+1;;-1. The molecule has 0 bridgehead atoms. The van der Waals surface area contributed by atoms with Crippen LogP contribution in [0.1, 0.15) is 1.43 Å². The Kier molecular flexibility index (Phi) is 16.8. The maximum Gasteiger partial charge on any atom is 1.00 e. The average Bonchev–Trinajstić information content (AvgIpc) is 0.722. The Morgan fingerprint density at radius 2 is 1.29 bits per heavy atom. The maximum atomic E-state index is 8.88. The van der Waals surface area contributed by atoms with Gasteiger partial charge in [0, 0.05) is 38.2 Å². The molecule has 0 radical (unpaired) electrons. The third-order valence-corrected chi connectivity index (χ3v) is 0. The van der Waals surface area contributed by atoms with Gasteiger partial charge in [0.15, 0.2) is 0 Å². The summed E-state index contributed by atoms with van der Waals surface area (Å²) in [6.07, 6.45) is 0. The minimum Gasteiger partial charge on any atom is -1.00 e. The second kappa shape index (κ2) is 7.13. The second-order valence-corrected chi connectivity index (χ2v) is 1.54.